The molecule has 0 aliphatic heterocycles. The molecule has 94 valence electrons. The average molecular weight is 236 g/mol. The monoisotopic (exact) mass is 236 g/mol. The van der Waals surface area contributed by atoms with Crippen LogP contribution in [-0.2, 0) is 4.79 Å². The molecule has 1 aromatic rings. The number of rotatable bonds is 6. The Morgan fingerprint density at radius 2 is 2.06 bits per heavy atom. The lowest BCUT2D eigenvalue weighted by Gasteiger charge is -2.20. The summed E-state index contributed by atoms with van der Waals surface area (Å²) >= 11 is 0. The normalized spacial score (nSPS) is 12.2. The number of carbonyl (C=O) groups excluding carboxylic acids is 1. The number of carbonyl (C=O) groups is 1. The van der Waals surface area contributed by atoms with Gasteiger partial charge in [-0.3, -0.25) is 9.78 Å². The fourth-order valence-electron chi connectivity index (χ4n) is 1.57. The molecule has 0 fully saturated rings. The zero-order valence-corrected chi connectivity index (χ0v) is 10.5. The van der Waals surface area contributed by atoms with Crippen LogP contribution < -0.4 is 16.4 Å². The molecule has 0 aliphatic carbocycles. The standard InChI is InChI=1S/C12H20N4O/c1-4-15-9-5-10(7-14-6-9)16-11(8(2)3)12(13)17/h5-8,11,15-16H,4H2,1-3H3,(H2,13,17). The third-order valence-corrected chi connectivity index (χ3v) is 2.41. The molecule has 0 aliphatic rings. The van der Waals surface area contributed by atoms with E-state index in [9.17, 15) is 4.79 Å². The molecule has 17 heavy (non-hydrogen) atoms. The van der Waals surface area contributed by atoms with E-state index < -0.39 is 0 Å². The summed E-state index contributed by atoms with van der Waals surface area (Å²) in [5, 5.41) is 6.26. The fraction of sp³-hybridized carbons (Fsp3) is 0.500. The highest BCUT2D eigenvalue weighted by Gasteiger charge is 2.19. The van der Waals surface area contributed by atoms with Gasteiger partial charge in [0.15, 0.2) is 0 Å². The van der Waals surface area contributed by atoms with Crippen molar-refractivity contribution in [1.82, 2.24) is 4.98 Å². The lowest BCUT2D eigenvalue weighted by molar-refractivity contribution is -0.119. The van der Waals surface area contributed by atoms with Gasteiger partial charge in [-0.15, -0.1) is 0 Å². The maximum atomic E-state index is 11.3. The molecule has 1 unspecified atom stereocenters. The SMILES string of the molecule is CCNc1cncc(NC(C(N)=O)C(C)C)c1. The van der Waals surface area contributed by atoms with E-state index in [1.54, 1.807) is 12.4 Å². The lowest BCUT2D eigenvalue weighted by atomic mass is 10.0. The molecular weight excluding hydrogens is 216 g/mol. The van der Waals surface area contributed by atoms with Gasteiger partial charge in [0.1, 0.15) is 6.04 Å². The summed E-state index contributed by atoms with van der Waals surface area (Å²) in [7, 11) is 0. The maximum absolute atomic E-state index is 11.3. The molecule has 1 heterocycles. The summed E-state index contributed by atoms with van der Waals surface area (Å²) in [6, 6.07) is 1.53. The number of primary amides is 1. The van der Waals surface area contributed by atoms with Crippen LogP contribution in [0.2, 0.25) is 0 Å². The van der Waals surface area contributed by atoms with Crippen molar-refractivity contribution in [1.29, 1.82) is 0 Å². The summed E-state index contributed by atoms with van der Waals surface area (Å²) in [4.78, 5) is 15.4. The van der Waals surface area contributed by atoms with Crippen LogP contribution in [-0.4, -0.2) is 23.5 Å². The number of pyridine rings is 1. The van der Waals surface area contributed by atoms with Crippen LogP contribution in [0.25, 0.3) is 0 Å². The molecule has 1 amide bonds. The van der Waals surface area contributed by atoms with Crippen molar-refractivity contribution >= 4 is 17.3 Å². The van der Waals surface area contributed by atoms with E-state index >= 15 is 0 Å². The van der Waals surface area contributed by atoms with Gasteiger partial charge in [-0.1, -0.05) is 13.8 Å². The van der Waals surface area contributed by atoms with Gasteiger partial charge in [0.2, 0.25) is 5.91 Å². The number of hydrogen-bond donors (Lipinski definition) is 3. The number of nitrogens with zero attached hydrogens (tertiary/aromatic N) is 1. The predicted octanol–water partition coefficient (Wildman–Crippen LogP) is 1.44. The number of hydrogen-bond acceptors (Lipinski definition) is 4. The third kappa shape index (κ3) is 3.94. The Hall–Kier alpha value is -1.78. The number of nitrogens with two attached hydrogens (primary N) is 1. The molecular formula is C12H20N4O. The van der Waals surface area contributed by atoms with E-state index in [0.29, 0.717) is 0 Å². The number of amides is 1. The molecule has 0 aromatic carbocycles. The highest BCUT2D eigenvalue weighted by Crippen LogP contribution is 2.16. The number of anilines is 2. The third-order valence-electron chi connectivity index (χ3n) is 2.41. The van der Waals surface area contributed by atoms with Crippen molar-refractivity contribution in [3.63, 3.8) is 0 Å². The summed E-state index contributed by atoms with van der Waals surface area (Å²) in [5.41, 5.74) is 7.06. The van der Waals surface area contributed by atoms with Gasteiger partial charge in [-0.25, -0.2) is 0 Å². The van der Waals surface area contributed by atoms with Crippen molar-refractivity contribution in [2.45, 2.75) is 26.8 Å². The highest BCUT2D eigenvalue weighted by molar-refractivity contribution is 5.83. The largest absolute Gasteiger partial charge is 0.384 e. The van der Waals surface area contributed by atoms with Gasteiger partial charge in [-0.2, -0.15) is 0 Å². The van der Waals surface area contributed by atoms with E-state index in [1.165, 1.54) is 0 Å². The van der Waals surface area contributed by atoms with Crippen molar-refractivity contribution in [2.75, 3.05) is 17.2 Å². The molecule has 0 saturated carbocycles. The maximum Gasteiger partial charge on any atom is 0.240 e. The Bertz CT molecular complexity index is 379. The topological polar surface area (TPSA) is 80.0 Å². The van der Waals surface area contributed by atoms with Crippen LogP contribution >= 0.6 is 0 Å². The van der Waals surface area contributed by atoms with E-state index in [0.717, 1.165) is 17.9 Å². The molecule has 0 spiro atoms. The molecule has 0 radical (unpaired) electrons. The summed E-state index contributed by atoms with van der Waals surface area (Å²) in [6.45, 7) is 6.74. The van der Waals surface area contributed by atoms with Gasteiger partial charge in [-0.05, 0) is 18.9 Å². The Balaban J connectivity index is 2.78. The van der Waals surface area contributed by atoms with Crippen LogP contribution in [0.15, 0.2) is 18.5 Å². The minimum Gasteiger partial charge on any atom is -0.384 e. The second-order valence-corrected chi connectivity index (χ2v) is 4.26. The fourth-order valence-corrected chi connectivity index (χ4v) is 1.57. The summed E-state index contributed by atoms with van der Waals surface area (Å²) < 4.78 is 0. The minimum atomic E-state index is -0.381. The Labute approximate surface area is 102 Å². The van der Waals surface area contributed by atoms with E-state index in [-0.39, 0.29) is 17.9 Å². The van der Waals surface area contributed by atoms with Crippen molar-refractivity contribution in [3.05, 3.63) is 18.5 Å². The highest BCUT2D eigenvalue weighted by atomic mass is 16.1. The van der Waals surface area contributed by atoms with Crippen LogP contribution in [0.5, 0.6) is 0 Å². The molecule has 1 aromatic heterocycles. The second kappa shape index (κ2) is 6.08. The molecule has 4 N–H and O–H groups in total. The van der Waals surface area contributed by atoms with E-state index in [4.69, 9.17) is 5.73 Å². The van der Waals surface area contributed by atoms with Crippen LogP contribution in [0.1, 0.15) is 20.8 Å². The first-order valence-corrected chi connectivity index (χ1v) is 5.79. The summed E-state index contributed by atoms with van der Waals surface area (Å²) in [5.74, 6) is -0.218. The van der Waals surface area contributed by atoms with Gasteiger partial charge in [0.05, 0.1) is 23.8 Å². The first-order valence-electron chi connectivity index (χ1n) is 5.79. The van der Waals surface area contributed by atoms with E-state index in [1.807, 2.05) is 26.8 Å². The van der Waals surface area contributed by atoms with Gasteiger partial charge in [0.25, 0.3) is 0 Å². The zero-order valence-electron chi connectivity index (χ0n) is 10.5. The first-order chi connectivity index (χ1) is 8.04. The molecule has 5 heteroatoms. The molecule has 0 saturated heterocycles. The lowest BCUT2D eigenvalue weighted by Crippen LogP contribution is -2.39. The van der Waals surface area contributed by atoms with Crippen molar-refractivity contribution < 1.29 is 4.79 Å². The van der Waals surface area contributed by atoms with Gasteiger partial charge < -0.3 is 16.4 Å². The molecule has 5 nitrogen and oxygen atoms in total. The Morgan fingerprint density at radius 1 is 1.41 bits per heavy atom. The van der Waals surface area contributed by atoms with Gasteiger partial charge >= 0.3 is 0 Å². The average Bonchev–Trinajstić information content (AvgIpc) is 2.26. The zero-order chi connectivity index (χ0) is 12.8. The van der Waals surface area contributed by atoms with E-state index in [2.05, 4.69) is 15.6 Å². The van der Waals surface area contributed by atoms with Crippen LogP contribution in [0.3, 0.4) is 0 Å². The smallest absolute Gasteiger partial charge is 0.240 e. The molecule has 1 atom stereocenters. The number of nitrogens with one attached hydrogen (secondary N) is 2. The van der Waals surface area contributed by atoms with Crippen molar-refractivity contribution in [3.8, 4) is 0 Å². The summed E-state index contributed by atoms with van der Waals surface area (Å²) in [6.07, 6.45) is 3.42. The quantitative estimate of drug-likeness (QED) is 0.698. The minimum absolute atomic E-state index is 0.135. The Morgan fingerprint density at radius 3 is 2.59 bits per heavy atom. The molecule has 1 rings (SSSR count). The van der Waals surface area contributed by atoms with Crippen LogP contribution in [0.4, 0.5) is 11.4 Å². The second-order valence-electron chi connectivity index (χ2n) is 4.26. The predicted molar refractivity (Wildman–Crippen MR) is 69.8 cm³/mol. The van der Waals surface area contributed by atoms with Crippen LogP contribution in [0, 0.1) is 5.92 Å². The first kappa shape index (κ1) is 13.3. The van der Waals surface area contributed by atoms with Crippen molar-refractivity contribution in [2.24, 2.45) is 11.7 Å². The Kier molecular flexibility index (Phi) is 4.75. The number of aromatic nitrogens is 1. The van der Waals surface area contributed by atoms with Gasteiger partial charge in [0, 0.05) is 6.54 Å². The molecule has 0 bridgehead atoms.